The van der Waals surface area contributed by atoms with E-state index in [9.17, 15) is 9.59 Å². The van der Waals surface area contributed by atoms with Crippen molar-refractivity contribution in [2.75, 3.05) is 0 Å². The Hall–Kier alpha value is -1.64. The van der Waals surface area contributed by atoms with E-state index in [2.05, 4.69) is 0 Å². The zero-order valence-electron chi connectivity index (χ0n) is 11.6. The Bertz CT molecular complexity index is 450. The van der Waals surface area contributed by atoms with E-state index in [1.165, 1.54) is 0 Å². The maximum Gasteiger partial charge on any atom is 0.334 e. The normalized spacial score (nSPS) is 22.9. The third-order valence-corrected chi connectivity index (χ3v) is 3.23. The average molecular weight is 248 g/mol. The number of carbonyl (C=O) groups is 2. The number of allylic oxidation sites excluding steroid dienone is 3. The van der Waals surface area contributed by atoms with Crippen molar-refractivity contribution in [3.63, 3.8) is 0 Å². The van der Waals surface area contributed by atoms with Crippen LogP contribution >= 0.6 is 0 Å². The van der Waals surface area contributed by atoms with Gasteiger partial charge in [-0.2, -0.15) is 0 Å². The first-order valence-corrected chi connectivity index (χ1v) is 6.02. The smallest absolute Gasteiger partial charge is 0.334 e. The Labute approximate surface area is 108 Å². The van der Waals surface area contributed by atoms with Crippen LogP contribution < -0.4 is 0 Å². The number of hydrogen-bond acceptors (Lipinski definition) is 3. The van der Waals surface area contributed by atoms with Crippen LogP contribution in [-0.2, 0) is 14.3 Å². The molecule has 0 unspecified atom stereocenters. The minimum atomic E-state index is -0.444. The molecule has 0 heterocycles. The molecular weight excluding hydrogens is 228 g/mol. The summed E-state index contributed by atoms with van der Waals surface area (Å²) in [5.41, 5.74) is 1.85. The van der Waals surface area contributed by atoms with Gasteiger partial charge in [0.1, 0.15) is 12.4 Å². The Morgan fingerprint density at radius 1 is 1.44 bits per heavy atom. The minimum Gasteiger partial charge on any atom is -0.450 e. The fourth-order valence-electron chi connectivity index (χ4n) is 1.89. The van der Waals surface area contributed by atoms with Crippen molar-refractivity contribution in [3.05, 3.63) is 34.9 Å². The van der Waals surface area contributed by atoms with Crippen LogP contribution in [0.5, 0.6) is 0 Å². The molecule has 3 heteroatoms. The fourth-order valence-corrected chi connectivity index (χ4v) is 1.89. The molecule has 1 atom stereocenters. The summed E-state index contributed by atoms with van der Waals surface area (Å²) in [5.74, 6) is -0.351. The summed E-state index contributed by atoms with van der Waals surface area (Å²) in [6.45, 7) is 9.33. The second kappa shape index (κ2) is 5.34. The molecule has 0 aliphatic heterocycles. The van der Waals surface area contributed by atoms with Gasteiger partial charge in [0.05, 0.1) is 0 Å². The van der Waals surface area contributed by atoms with Gasteiger partial charge < -0.3 is 4.74 Å². The molecule has 0 amide bonds. The lowest BCUT2D eigenvalue weighted by molar-refractivity contribution is -0.141. The van der Waals surface area contributed by atoms with Gasteiger partial charge in [0.25, 0.3) is 0 Å². The SMILES string of the molecule is C/C=C(/C)C(=O)O[C@@H]1C=C(C=O)C(C)(C)C=C1C. The van der Waals surface area contributed by atoms with Crippen LogP contribution in [0.3, 0.4) is 0 Å². The molecule has 0 N–H and O–H groups in total. The predicted molar refractivity (Wildman–Crippen MR) is 71.0 cm³/mol. The molecule has 1 aliphatic carbocycles. The van der Waals surface area contributed by atoms with Crippen molar-refractivity contribution in [2.45, 2.75) is 40.7 Å². The largest absolute Gasteiger partial charge is 0.450 e. The molecule has 3 nitrogen and oxygen atoms in total. The van der Waals surface area contributed by atoms with Gasteiger partial charge in [0.15, 0.2) is 0 Å². The summed E-state index contributed by atoms with van der Waals surface area (Å²) in [4.78, 5) is 22.8. The van der Waals surface area contributed by atoms with E-state index in [4.69, 9.17) is 4.74 Å². The maximum atomic E-state index is 11.7. The van der Waals surface area contributed by atoms with Gasteiger partial charge in [-0.3, -0.25) is 4.79 Å². The molecule has 0 saturated carbocycles. The van der Waals surface area contributed by atoms with Crippen LogP contribution in [0, 0.1) is 5.41 Å². The molecule has 18 heavy (non-hydrogen) atoms. The van der Waals surface area contributed by atoms with E-state index in [0.29, 0.717) is 11.1 Å². The molecule has 1 rings (SSSR count). The van der Waals surface area contributed by atoms with Crippen molar-refractivity contribution in [2.24, 2.45) is 5.41 Å². The van der Waals surface area contributed by atoms with E-state index >= 15 is 0 Å². The molecule has 0 aromatic heterocycles. The van der Waals surface area contributed by atoms with E-state index in [-0.39, 0.29) is 11.4 Å². The van der Waals surface area contributed by atoms with Gasteiger partial charge >= 0.3 is 5.97 Å². The molecular formula is C15H20O3. The number of hydrogen-bond donors (Lipinski definition) is 0. The molecule has 0 bridgehead atoms. The van der Waals surface area contributed by atoms with Gasteiger partial charge in [-0.25, -0.2) is 4.79 Å². The van der Waals surface area contributed by atoms with E-state index in [1.807, 2.05) is 26.8 Å². The van der Waals surface area contributed by atoms with Gasteiger partial charge in [0.2, 0.25) is 0 Å². The fraction of sp³-hybridized carbons (Fsp3) is 0.467. The summed E-state index contributed by atoms with van der Waals surface area (Å²) < 4.78 is 5.37. The zero-order chi connectivity index (χ0) is 13.9. The topological polar surface area (TPSA) is 43.4 Å². The standard InChI is InChI=1S/C15H20O3/c1-6-10(2)14(17)18-13-7-12(9-16)15(4,5)8-11(13)3/h6-9,13H,1-5H3/b10-6-/t13-/m1/s1. The molecule has 0 spiro atoms. The van der Waals surface area contributed by atoms with Gasteiger partial charge in [0, 0.05) is 16.6 Å². The molecule has 0 saturated heterocycles. The van der Waals surface area contributed by atoms with Crippen LogP contribution in [0.1, 0.15) is 34.6 Å². The number of aldehydes is 1. The maximum absolute atomic E-state index is 11.7. The van der Waals surface area contributed by atoms with Crippen molar-refractivity contribution in [1.82, 2.24) is 0 Å². The number of carbonyl (C=O) groups excluding carboxylic acids is 2. The summed E-state index contributed by atoms with van der Waals surface area (Å²) in [7, 11) is 0. The second-order valence-electron chi connectivity index (χ2n) is 5.15. The van der Waals surface area contributed by atoms with Gasteiger partial charge in [-0.1, -0.05) is 26.0 Å². The van der Waals surface area contributed by atoms with Crippen LogP contribution in [-0.4, -0.2) is 18.4 Å². The lowest BCUT2D eigenvalue weighted by Gasteiger charge is -2.30. The highest BCUT2D eigenvalue weighted by molar-refractivity contribution is 5.88. The predicted octanol–water partition coefficient (Wildman–Crippen LogP) is 2.98. The summed E-state index contributed by atoms with van der Waals surface area (Å²) >= 11 is 0. The Balaban J connectivity index is 2.95. The first-order valence-electron chi connectivity index (χ1n) is 6.02. The molecule has 98 valence electrons. The van der Waals surface area contributed by atoms with Crippen molar-refractivity contribution in [3.8, 4) is 0 Å². The van der Waals surface area contributed by atoms with E-state index < -0.39 is 6.10 Å². The molecule has 0 aromatic carbocycles. The van der Waals surface area contributed by atoms with Crippen molar-refractivity contribution in [1.29, 1.82) is 0 Å². The monoisotopic (exact) mass is 248 g/mol. The minimum absolute atomic E-state index is 0.301. The van der Waals surface area contributed by atoms with Crippen LogP contribution in [0.4, 0.5) is 0 Å². The van der Waals surface area contributed by atoms with Crippen molar-refractivity contribution >= 4 is 12.3 Å². The van der Waals surface area contributed by atoms with Gasteiger partial charge in [-0.15, -0.1) is 0 Å². The zero-order valence-corrected chi connectivity index (χ0v) is 11.6. The average Bonchev–Trinajstić information content (AvgIpc) is 2.30. The lowest BCUT2D eigenvalue weighted by atomic mass is 9.78. The Kier molecular flexibility index (Phi) is 4.28. The molecule has 0 radical (unpaired) electrons. The summed E-state index contributed by atoms with van der Waals surface area (Å²) in [6, 6.07) is 0. The van der Waals surface area contributed by atoms with Crippen LogP contribution in [0.15, 0.2) is 34.9 Å². The van der Waals surface area contributed by atoms with Gasteiger partial charge in [-0.05, 0) is 32.4 Å². The van der Waals surface area contributed by atoms with E-state index in [1.54, 1.807) is 26.0 Å². The third-order valence-electron chi connectivity index (χ3n) is 3.23. The van der Waals surface area contributed by atoms with Crippen LogP contribution in [0.2, 0.25) is 0 Å². The second-order valence-corrected chi connectivity index (χ2v) is 5.15. The highest BCUT2D eigenvalue weighted by Gasteiger charge is 2.29. The summed E-state index contributed by atoms with van der Waals surface area (Å²) in [6.07, 6.45) is 5.79. The lowest BCUT2D eigenvalue weighted by Crippen LogP contribution is -2.27. The first-order chi connectivity index (χ1) is 8.31. The molecule has 0 fully saturated rings. The van der Waals surface area contributed by atoms with Crippen molar-refractivity contribution < 1.29 is 14.3 Å². The first kappa shape index (κ1) is 14.4. The third kappa shape index (κ3) is 2.97. The Morgan fingerprint density at radius 2 is 2.06 bits per heavy atom. The molecule has 0 aromatic rings. The number of rotatable bonds is 3. The Morgan fingerprint density at radius 3 is 2.56 bits per heavy atom. The highest BCUT2D eigenvalue weighted by Crippen LogP contribution is 2.34. The molecule has 1 aliphatic rings. The van der Waals surface area contributed by atoms with Crippen LogP contribution in [0.25, 0.3) is 0 Å². The number of ether oxygens (including phenoxy) is 1. The highest BCUT2D eigenvalue weighted by atomic mass is 16.5. The number of esters is 1. The summed E-state index contributed by atoms with van der Waals surface area (Å²) in [5, 5.41) is 0. The quantitative estimate of drug-likeness (QED) is 0.334. The van der Waals surface area contributed by atoms with E-state index in [0.717, 1.165) is 11.9 Å².